The Morgan fingerprint density at radius 1 is 1.47 bits per heavy atom. The topological polar surface area (TPSA) is 29.3 Å². The molecule has 2 N–H and O–H groups in total. The van der Waals surface area contributed by atoms with E-state index in [9.17, 15) is 0 Å². The molecule has 2 unspecified atom stereocenters. The third-order valence-corrected chi connectivity index (χ3v) is 4.18. The minimum Gasteiger partial charge on any atom is -0.329 e. The Morgan fingerprint density at radius 2 is 2.27 bits per heavy atom. The van der Waals surface area contributed by atoms with Crippen molar-refractivity contribution in [3.8, 4) is 0 Å². The zero-order valence-corrected chi connectivity index (χ0v) is 11.1. The van der Waals surface area contributed by atoms with Crippen LogP contribution < -0.4 is 5.73 Å². The maximum absolute atomic E-state index is 5.90. The number of nitrogens with zero attached hydrogens (tertiary/aromatic N) is 1. The van der Waals surface area contributed by atoms with Crippen LogP contribution in [-0.2, 0) is 0 Å². The van der Waals surface area contributed by atoms with Crippen LogP contribution >= 0.6 is 11.8 Å². The van der Waals surface area contributed by atoms with Crippen LogP contribution in [0.15, 0.2) is 0 Å². The number of likely N-dealkylation sites (tertiary alicyclic amines) is 1. The zero-order chi connectivity index (χ0) is 11.1. The van der Waals surface area contributed by atoms with Gasteiger partial charge in [-0.05, 0) is 51.2 Å². The fourth-order valence-electron chi connectivity index (χ4n) is 2.55. The van der Waals surface area contributed by atoms with E-state index in [1.54, 1.807) is 0 Å². The average Bonchev–Trinajstić information content (AvgIpc) is 2.26. The molecule has 90 valence electrons. The van der Waals surface area contributed by atoms with Gasteiger partial charge in [-0.15, -0.1) is 0 Å². The first kappa shape index (κ1) is 13.3. The molecule has 0 amide bonds. The number of piperidine rings is 1. The van der Waals surface area contributed by atoms with Gasteiger partial charge < -0.3 is 5.73 Å². The molecule has 0 radical (unpaired) electrons. The van der Waals surface area contributed by atoms with Crippen molar-refractivity contribution >= 4 is 11.8 Å². The van der Waals surface area contributed by atoms with Crippen molar-refractivity contribution in [3.05, 3.63) is 0 Å². The van der Waals surface area contributed by atoms with E-state index >= 15 is 0 Å². The molecule has 0 aromatic rings. The van der Waals surface area contributed by atoms with Crippen LogP contribution in [0, 0.1) is 0 Å². The summed E-state index contributed by atoms with van der Waals surface area (Å²) in [5, 5.41) is 0. The highest BCUT2D eigenvalue weighted by molar-refractivity contribution is 7.98. The van der Waals surface area contributed by atoms with E-state index in [-0.39, 0.29) is 0 Å². The van der Waals surface area contributed by atoms with Gasteiger partial charge in [0.15, 0.2) is 0 Å². The number of hydrogen-bond donors (Lipinski definition) is 1. The highest BCUT2D eigenvalue weighted by Gasteiger charge is 2.24. The summed E-state index contributed by atoms with van der Waals surface area (Å²) >= 11 is 1.94. The molecule has 2 nitrogen and oxygen atoms in total. The van der Waals surface area contributed by atoms with E-state index in [4.69, 9.17) is 5.73 Å². The normalized spacial score (nSPS) is 25.4. The largest absolute Gasteiger partial charge is 0.329 e. The first-order chi connectivity index (χ1) is 7.29. The Bertz CT molecular complexity index is 164. The quantitative estimate of drug-likeness (QED) is 0.710. The first-order valence-electron chi connectivity index (χ1n) is 6.24. The Kier molecular flexibility index (Phi) is 6.69. The SMILES string of the molecule is CSCCCC(CN)N1CCCCC1C. The molecule has 0 aromatic heterocycles. The summed E-state index contributed by atoms with van der Waals surface area (Å²) in [6, 6.07) is 1.38. The van der Waals surface area contributed by atoms with Crippen LogP contribution in [0.3, 0.4) is 0 Å². The summed E-state index contributed by atoms with van der Waals surface area (Å²) in [6.45, 7) is 4.46. The van der Waals surface area contributed by atoms with Crippen LogP contribution in [-0.4, -0.2) is 42.1 Å². The molecule has 1 heterocycles. The molecule has 1 saturated heterocycles. The van der Waals surface area contributed by atoms with Gasteiger partial charge in [0.25, 0.3) is 0 Å². The van der Waals surface area contributed by atoms with Gasteiger partial charge in [-0.1, -0.05) is 6.42 Å². The molecule has 1 aliphatic heterocycles. The molecule has 2 atom stereocenters. The minimum atomic E-state index is 0.632. The molecule has 0 spiro atoms. The number of thioether (sulfide) groups is 1. The third-order valence-electron chi connectivity index (χ3n) is 3.48. The molecule has 1 fully saturated rings. The summed E-state index contributed by atoms with van der Waals surface area (Å²) in [7, 11) is 0. The van der Waals surface area contributed by atoms with Gasteiger partial charge in [0.05, 0.1) is 0 Å². The predicted octanol–water partition coefficient (Wildman–Crippen LogP) is 2.33. The van der Waals surface area contributed by atoms with Crippen molar-refractivity contribution in [2.45, 2.75) is 51.1 Å². The van der Waals surface area contributed by atoms with Gasteiger partial charge in [0.1, 0.15) is 0 Å². The number of nitrogens with two attached hydrogens (primary N) is 1. The molecule has 15 heavy (non-hydrogen) atoms. The standard InChI is InChI=1S/C12H26N2S/c1-11-6-3-4-8-14(11)12(10-13)7-5-9-15-2/h11-12H,3-10,13H2,1-2H3. The number of rotatable bonds is 6. The average molecular weight is 230 g/mol. The van der Waals surface area contributed by atoms with E-state index in [2.05, 4.69) is 18.1 Å². The lowest BCUT2D eigenvalue weighted by Gasteiger charge is -2.39. The van der Waals surface area contributed by atoms with Crippen molar-refractivity contribution in [1.82, 2.24) is 4.90 Å². The lowest BCUT2D eigenvalue weighted by Crippen LogP contribution is -2.48. The van der Waals surface area contributed by atoms with Crippen LogP contribution in [0.1, 0.15) is 39.0 Å². The highest BCUT2D eigenvalue weighted by atomic mass is 32.2. The van der Waals surface area contributed by atoms with Crippen LogP contribution in [0.25, 0.3) is 0 Å². The fraction of sp³-hybridized carbons (Fsp3) is 1.00. The second-order valence-corrected chi connectivity index (χ2v) is 5.59. The Labute approximate surface area is 99.0 Å². The molecule has 1 rings (SSSR count). The Balaban J connectivity index is 2.34. The van der Waals surface area contributed by atoms with Gasteiger partial charge in [-0.2, -0.15) is 11.8 Å². The van der Waals surface area contributed by atoms with E-state index in [1.165, 1.54) is 44.4 Å². The van der Waals surface area contributed by atoms with Crippen molar-refractivity contribution in [2.24, 2.45) is 5.73 Å². The van der Waals surface area contributed by atoms with E-state index in [1.807, 2.05) is 11.8 Å². The molecule has 0 bridgehead atoms. The maximum atomic E-state index is 5.90. The third kappa shape index (κ3) is 4.33. The van der Waals surface area contributed by atoms with Gasteiger partial charge in [0.2, 0.25) is 0 Å². The molecular weight excluding hydrogens is 204 g/mol. The van der Waals surface area contributed by atoms with Gasteiger partial charge in [-0.25, -0.2) is 0 Å². The molecule has 0 aliphatic carbocycles. The molecule has 1 aliphatic rings. The maximum Gasteiger partial charge on any atom is 0.0221 e. The molecule has 3 heteroatoms. The van der Waals surface area contributed by atoms with Gasteiger partial charge >= 0.3 is 0 Å². The van der Waals surface area contributed by atoms with Crippen LogP contribution in [0.5, 0.6) is 0 Å². The fourth-order valence-corrected chi connectivity index (χ4v) is 3.00. The lowest BCUT2D eigenvalue weighted by molar-refractivity contribution is 0.103. The monoisotopic (exact) mass is 230 g/mol. The van der Waals surface area contributed by atoms with Crippen molar-refractivity contribution in [3.63, 3.8) is 0 Å². The van der Waals surface area contributed by atoms with Crippen molar-refractivity contribution < 1.29 is 0 Å². The molecule has 0 aromatic carbocycles. The summed E-state index contributed by atoms with van der Waals surface area (Å²) < 4.78 is 0. The van der Waals surface area contributed by atoms with Crippen molar-refractivity contribution in [2.75, 3.05) is 25.1 Å². The first-order valence-corrected chi connectivity index (χ1v) is 7.63. The number of hydrogen-bond acceptors (Lipinski definition) is 3. The van der Waals surface area contributed by atoms with Gasteiger partial charge in [-0.3, -0.25) is 4.90 Å². The summed E-state index contributed by atoms with van der Waals surface area (Å²) in [6.07, 6.45) is 8.90. The smallest absolute Gasteiger partial charge is 0.0221 e. The zero-order valence-electron chi connectivity index (χ0n) is 10.2. The summed E-state index contributed by atoms with van der Waals surface area (Å²) in [5.41, 5.74) is 5.90. The van der Waals surface area contributed by atoms with E-state index in [0.29, 0.717) is 6.04 Å². The lowest BCUT2D eigenvalue weighted by atomic mass is 9.99. The predicted molar refractivity (Wildman–Crippen MR) is 70.5 cm³/mol. The second-order valence-electron chi connectivity index (χ2n) is 4.61. The Hall–Kier alpha value is 0.270. The summed E-state index contributed by atoms with van der Waals surface area (Å²) in [4.78, 5) is 2.64. The summed E-state index contributed by atoms with van der Waals surface area (Å²) in [5.74, 6) is 1.28. The van der Waals surface area contributed by atoms with Gasteiger partial charge in [0, 0.05) is 18.6 Å². The molecular formula is C12H26N2S. The highest BCUT2D eigenvalue weighted by Crippen LogP contribution is 2.21. The Morgan fingerprint density at radius 3 is 2.87 bits per heavy atom. The van der Waals surface area contributed by atoms with Crippen LogP contribution in [0.4, 0.5) is 0 Å². The minimum absolute atomic E-state index is 0.632. The van der Waals surface area contributed by atoms with E-state index < -0.39 is 0 Å². The molecule has 0 saturated carbocycles. The second kappa shape index (κ2) is 7.53. The van der Waals surface area contributed by atoms with E-state index in [0.717, 1.165) is 12.6 Å². The van der Waals surface area contributed by atoms with Crippen molar-refractivity contribution in [1.29, 1.82) is 0 Å². The van der Waals surface area contributed by atoms with Crippen LogP contribution in [0.2, 0.25) is 0 Å².